The normalized spacial score (nSPS) is 13.6. The van der Waals surface area contributed by atoms with Gasteiger partial charge in [0.05, 0.1) is 23.1 Å². The monoisotopic (exact) mass is 256 g/mol. The summed E-state index contributed by atoms with van der Waals surface area (Å²) < 4.78 is 38.5. The third kappa shape index (κ3) is 2.51. The summed E-state index contributed by atoms with van der Waals surface area (Å²) in [4.78, 5) is 0. The van der Waals surface area contributed by atoms with Crippen LogP contribution < -0.4 is 5.73 Å². The van der Waals surface area contributed by atoms with Crippen molar-refractivity contribution in [3.8, 4) is 5.69 Å². The number of benzene rings is 1. The first-order valence-electron chi connectivity index (χ1n) is 5.23. The number of hydrogen-bond acceptors (Lipinski definition) is 3. The van der Waals surface area contributed by atoms with Gasteiger partial charge < -0.3 is 5.73 Å². The van der Waals surface area contributed by atoms with E-state index < -0.39 is 11.7 Å². The second-order valence-corrected chi connectivity index (χ2v) is 3.92. The summed E-state index contributed by atoms with van der Waals surface area (Å²) in [6, 6.07) is 4.41. The van der Waals surface area contributed by atoms with Crippen molar-refractivity contribution in [2.24, 2.45) is 5.73 Å². The third-order valence-electron chi connectivity index (χ3n) is 2.44. The maximum atomic E-state index is 12.4. The van der Waals surface area contributed by atoms with Gasteiger partial charge in [-0.15, -0.1) is 5.10 Å². The number of aromatic nitrogens is 3. The molecule has 1 aromatic carbocycles. The zero-order chi connectivity index (χ0) is 13.3. The van der Waals surface area contributed by atoms with Crippen molar-refractivity contribution >= 4 is 0 Å². The minimum atomic E-state index is -4.34. The average molecular weight is 256 g/mol. The van der Waals surface area contributed by atoms with Crippen LogP contribution in [-0.2, 0) is 6.18 Å². The van der Waals surface area contributed by atoms with Crippen LogP contribution in [0.3, 0.4) is 0 Å². The number of halogens is 3. The Hall–Kier alpha value is -1.89. The molecule has 2 rings (SSSR count). The number of rotatable bonds is 2. The van der Waals surface area contributed by atoms with Gasteiger partial charge in [0.15, 0.2) is 0 Å². The molecule has 1 atom stereocenters. The van der Waals surface area contributed by atoms with Crippen LogP contribution in [0, 0.1) is 0 Å². The number of nitrogens with zero attached hydrogens (tertiary/aromatic N) is 3. The SMILES string of the molecule is CC(N)c1cn(-c2ccc(C(F)(F)F)cc2)nn1. The molecular formula is C11H11F3N4. The van der Waals surface area contributed by atoms with Crippen LogP contribution in [0.25, 0.3) is 5.69 Å². The van der Waals surface area contributed by atoms with Crippen LogP contribution in [-0.4, -0.2) is 15.0 Å². The van der Waals surface area contributed by atoms with Crippen molar-refractivity contribution in [2.75, 3.05) is 0 Å². The van der Waals surface area contributed by atoms with Crippen LogP contribution in [0.2, 0.25) is 0 Å². The lowest BCUT2D eigenvalue weighted by Crippen LogP contribution is -2.05. The summed E-state index contributed by atoms with van der Waals surface area (Å²) in [6.45, 7) is 1.75. The van der Waals surface area contributed by atoms with Gasteiger partial charge in [-0.3, -0.25) is 0 Å². The Balaban J connectivity index is 2.29. The van der Waals surface area contributed by atoms with E-state index in [1.807, 2.05) is 0 Å². The molecule has 0 aliphatic rings. The molecular weight excluding hydrogens is 245 g/mol. The summed E-state index contributed by atoms with van der Waals surface area (Å²) >= 11 is 0. The van der Waals surface area contributed by atoms with Crippen molar-refractivity contribution in [1.82, 2.24) is 15.0 Å². The smallest absolute Gasteiger partial charge is 0.323 e. The fourth-order valence-corrected chi connectivity index (χ4v) is 1.41. The molecule has 1 unspecified atom stereocenters. The maximum absolute atomic E-state index is 12.4. The van der Waals surface area contributed by atoms with Crippen LogP contribution in [0.15, 0.2) is 30.5 Å². The van der Waals surface area contributed by atoms with E-state index in [0.717, 1.165) is 12.1 Å². The Bertz CT molecular complexity index is 528. The summed E-state index contributed by atoms with van der Waals surface area (Å²) in [5.41, 5.74) is 6.01. The molecule has 96 valence electrons. The van der Waals surface area contributed by atoms with Gasteiger partial charge in [0, 0.05) is 6.04 Å². The summed E-state index contributed by atoms with van der Waals surface area (Å²) in [5.74, 6) is 0. The van der Waals surface area contributed by atoms with Gasteiger partial charge in [0.25, 0.3) is 0 Å². The molecule has 0 aliphatic heterocycles. The number of alkyl halides is 3. The molecule has 0 amide bonds. The van der Waals surface area contributed by atoms with Crippen LogP contribution in [0.4, 0.5) is 13.2 Å². The van der Waals surface area contributed by atoms with Gasteiger partial charge in [-0.1, -0.05) is 5.21 Å². The highest BCUT2D eigenvalue weighted by atomic mass is 19.4. The first kappa shape index (κ1) is 12.6. The van der Waals surface area contributed by atoms with E-state index in [-0.39, 0.29) is 6.04 Å². The molecule has 18 heavy (non-hydrogen) atoms. The minimum Gasteiger partial charge on any atom is -0.323 e. The number of nitrogens with two attached hydrogens (primary N) is 1. The molecule has 7 heteroatoms. The van der Waals surface area contributed by atoms with E-state index in [2.05, 4.69) is 10.3 Å². The Morgan fingerprint density at radius 2 is 1.83 bits per heavy atom. The minimum absolute atomic E-state index is 0.270. The fraction of sp³-hybridized carbons (Fsp3) is 0.273. The zero-order valence-electron chi connectivity index (χ0n) is 9.52. The van der Waals surface area contributed by atoms with Gasteiger partial charge in [-0.05, 0) is 31.2 Å². The van der Waals surface area contributed by atoms with E-state index in [1.54, 1.807) is 13.1 Å². The summed E-state index contributed by atoms with van der Waals surface area (Å²) in [7, 11) is 0. The summed E-state index contributed by atoms with van der Waals surface area (Å²) in [6.07, 6.45) is -2.74. The van der Waals surface area contributed by atoms with Crippen LogP contribution in [0.1, 0.15) is 24.2 Å². The first-order valence-corrected chi connectivity index (χ1v) is 5.23. The van der Waals surface area contributed by atoms with Gasteiger partial charge in [0.1, 0.15) is 0 Å². The van der Waals surface area contributed by atoms with Crippen molar-refractivity contribution in [1.29, 1.82) is 0 Å². The van der Waals surface area contributed by atoms with Crippen LogP contribution in [0.5, 0.6) is 0 Å². The molecule has 1 heterocycles. The van der Waals surface area contributed by atoms with E-state index in [9.17, 15) is 13.2 Å². The Kier molecular flexibility index (Phi) is 3.08. The van der Waals surface area contributed by atoms with E-state index in [1.165, 1.54) is 16.8 Å². The second-order valence-electron chi connectivity index (χ2n) is 3.92. The standard InChI is InChI=1S/C11H11F3N4/c1-7(15)10-6-18(17-16-10)9-4-2-8(3-5-9)11(12,13)14/h2-7H,15H2,1H3. The van der Waals surface area contributed by atoms with Crippen molar-refractivity contribution in [2.45, 2.75) is 19.1 Å². The van der Waals surface area contributed by atoms with E-state index in [0.29, 0.717) is 11.4 Å². The molecule has 0 saturated heterocycles. The highest BCUT2D eigenvalue weighted by Gasteiger charge is 2.30. The van der Waals surface area contributed by atoms with Crippen molar-refractivity contribution < 1.29 is 13.2 Å². The second kappa shape index (κ2) is 4.41. The fourth-order valence-electron chi connectivity index (χ4n) is 1.41. The van der Waals surface area contributed by atoms with Gasteiger partial charge in [0.2, 0.25) is 0 Å². The molecule has 0 saturated carbocycles. The molecule has 0 aliphatic carbocycles. The highest BCUT2D eigenvalue weighted by molar-refractivity contribution is 5.35. The lowest BCUT2D eigenvalue weighted by molar-refractivity contribution is -0.137. The van der Waals surface area contributed by atoms with Crippen LogP contribution >= 0.6 is 0 Å². The van der Waals surface area contributed by atoms with Gasteiger partial charge in [-0.2, -0.15) is 13.2 Å². The zero-order valence-corrected chi connectivity index (χ0v) is 9.52. The molecule has 4 nitrogen and oxygen atoms in total. The Morgan fingerprint density at radius 1 is 1.22 bits per heavy atom. The lowest BCUT2D eigenvalue weighted by atomic mass is 10.2. The van der Waals surface area contributed by atoms with E-state index >= 15 is 0 Å². The third-order valence-corrected chi connectivity index (χ3v) is 2.44. The van der Waals surface area contributed by atoms with Crippen molar-refractivity contribution in [3.63, 3.8) is 0 Å². The Morgan fingerprint density at radius 3 is 2.28 bits per heavy atom. The predicted octanol–water partition coefficient (Wildman–Crippen LogP) is 2.31. The summed E-state index contributed by atoms with van der Waals surface area (Å²) in [5, 5.41) is 7.63. The quantitative estimate of drug-likeness (QED) is 0.897. The van der Waals surface area contributed by atoms with Gasteiger partial charge in [-0.25, -0.2) is 4.68 Å². The number of hydrogen-bond donors (Lipinski definition) is 1. The molecule has 2 N–H and O–H groups in total. The molecule has 0 spiro atoms. The molecule has 2 aromatic rings. The molecule has 0 bridgehead atoms. The first-order chi connectivity index (χ1) is 8.38. The molecule has 0 fully saturated rings. The Labute approximate surface area is 101 Å². The molecule has 0 radical (unpaired) electrons. The topological polar surface area (TPSA) is 56.7 Å². The molecule has 1 aromatic heterocycles. The highest BCUT2D eigenvalue weighted by Crippen LogP contribution is 2.29. The predicted molar refractivity (Wildman–Crippen MR) is 59.0 cm³/mol. The van der Waals surface area contributed by atoms with Crippen molar-refractivity contribution in [3.05, 3.63) is 41.7 Å². The van der Waals surface area contributed by atoms with E-state index in [4.69, 9.17) is 5.73 Å². The maximum Gasteiger partial charge on any atom is 0.416 e. The largest absolute Gasteiger partial charge is 0.416 e. The van der Waals surface area contributed by atoms with Gasteiger partial charge >= 0.3 is 6.18 Å². The lowest BCUT2D eigenvalue weighted by Gasteiger charge is -2.07. The average Bonchev–Trinajstić information content (AvgIpc) is 2.77.